The first-order chi connectivity index (χ1) is 8.40. The summed E-state index contributed by atoms with van der Waals surface area (Å²) < 4.78 is 5.58. The summed E-state index contributed by atoms with van der Waals surface area (Å²) in [5.41, 5.74) is 0.963. The predicted octanol–water partition coefficient (Wildman–Crippen LogP) is 3.55. The molecule has 3 nitrogen and oxygen atoms in total. The van der Waals surface area contributed by atoms with Gasteiger partial charge in [0.2, 0.25) is 11.8 Å². The van der Waals surface area contributed by atoms with Gasteiger partial charge in [0.1, 0.15) is 0 Å². The van der Waals surface area contributed by atoms with Gasteiger partial charge in [0.05, 0.1) is 5.75 Å². The van der Waals surface area contributed by atoms with E-state index in [0.29, 0.717) is 11.8 Å². The first-order valence-corrected chi connectivity index (χ1v) is 6.62. The minimum atomic E-state index is 0.590. The van der Waals surface area contributed by atoms with E-state index in [9.17, 15) is 0 Å². The molecule has 0 amide bonds. The Balaban J connectivity index is 1.97. The fourth-order valence-electron chi connectivity index (χ4n) is 1.32. The van der Waals surface area contributed by atoms with Crippen molar-refractivity contribution in [3.8, 4) is 11.5 Å². The average Bonchev–Trinajstić information content (AvgIpc) is 2.85. The smallest absolute Gasteiger partial charge is 0.247 e. The van der Waals surface area contributed by atoms with E-state index >= 15 is 0 Å². The number of benzene rings is 1. The monoisotopic (exact) mass is 246 g/mol. The van der Waals surface area contributed by atoms with E-state index in [1.807, 2.05) is 43.3 Å². The summed E-state index contributed by atoms with van der Waals surface area (Å²) in [4.78, 5) is 0. The lowest BCUT2D eigenvalue weighted by molar-refractivity contribution is 0.528. The largest absolute Gasteiger partial charge is 0.420 e. The van der Waals surface area contributed by atoms with Crippen molar-refractivity contribution in [1.29, 1.82) is 0 Å². The lowest BCUT2D eigenvalue weighted by atomic mass is 10.2. The Hall–Kier alpha value is -1.55. The first-order valence-electron chi connectivity index (χ1n) is 5.47. The molecule has 0 aliphatic rings. The van der Waals surface area contributed by atoms with Crippen molar-refractivity contribution in [3.05, 3.63) is 48.4 Å². The zero-order valence-corrected chi connectivity index (χ0v) is 10.5. The summed E-state index contributed by atoms with van der Waals surface area (Å²) in [5, 5.41) is 8.07. The van der Waals surface area contributed by atoms with Crippen molar-refractivity contribution < 1.29 is 4.42 Å². The van der Waals surface area contributed by atoms with E-state index in [4.69, 9.17) is 4.42 Å². The summed E-state index contributed by atoms with van der Waals surface area (Å²) in [5.74, 6) is 2.99. The normalized spacial score (nSPS) is 11.1. The standard InChI is InChI=1S/C13H14N2OS/c1-2-3-9-17-10-12-14-15-13(16-12)11-7-5-4-6-8-11/h2-8H,9-10H2,1H3. The van der Waals surface area contributed by atoms with E-state index in [-0.39, 0.29) is 0 Å². The molecule has 0 fully saturated rings. The quantitative estimate of drug-likeness (QED) is 0.597. The third kappa shape index (κ3) is 3.46. The molecule has 0 spiro atoms. The Morgan fingerprint density at radius 2 is 2.06 bits per heavy atom. The minimum Gasteiger partial charge on any atom is -0.420 e. The van der Waals surface area contributed by atoms with Crippen molar-refractivity contribution in [3.63, 3.8) is 0 Å². The van der Waals surface area contributed by atoms with Gasteiger partial charge in [-0.25, -0.2) is 0 Å². The highest BCUT2D eigenvalue weighted by Crippen LogP contribution is 2.19. The fraction of sp³-hybridized carbons (Fsp3) is 0.231. The summed E-state index contributed by atoms with van der Waals surface area (Å²) in [6.45, 7) is 2.01. The fourth-order valence-corrected chi connectivity index (χ4v) is 2.06. The second kappa shape index (κ2) is 6.25. The van der Waals surface area contributed by atoms with Crippen molar-refractivity contribution in [2.24, 2.45) is 0 Å². The number of hydrogen-bond acceptors (Lipinski definition) is 4. The van der Waals surface area contributed by atoms with Crippen molar-refractivity contribution in [2.75, 3.05) is 5.75 Å². The molecule has 2 aromatic rings. The van der Waals surface area contributed by atoms with E-state index in [1.165, 1.54) is 0 Å². The van der Waals surface area contributed by atoms with Gasteiger partial charge in [0, 0.05) is 11.3 Å². The van der Waals surface area contributed by atoms with Crippen LogP contribution in [0.1, 0.15) is 12.8 Å². The van der Waals surface area contributed by atoms with Crippen LogP contribution in [0.15, 0.2) is 46.9 Å². The SMILES string of the molecule is CC=CCSCc1nnc(-c2ccccc2)o1. The van der Waals surface area contributed by atoms with E-state index in [2.05, 4.69) is 16.3 Å². The van der Waals surface area contributed by atoms with Gasteiger partial charge in [0.25, 0.3) is 0 Å². The molecule has 2 rings (SSSR count). The Labute approximate surface area is 105 Å². The van der Waals surface area contributed by atoms with Crippen LogP contribution >= 0.6 is 11.8 Å². The number of rotatable bonds is 5. The van der Waals surface area contributed by atoms with Crippen LogP contribution in [0, 0.1) is 0 Å². The molecule has 17 heavy (non-hydrogen) atoms. The molecule has 0 radical (unpaired) electrons. The maximum atomic E-state index is 5.58. The number of thioether (sulfide) groups is 1. The van der Waals surface area contributed by atoms with Gasteiger partial charge in [-0.05, 0) is 19.1 Å². The van der Waals surface area contributed by atoms with Gasteiger partial charge in [-0.3, -0.25) is 0 Å². The van der Waals surface area contributed by atoms with Gasteiger partial charge >= 0.3 is 0 Å². The van der Waals surface area contributed by atoms with Crippen LogP contribution in [-0.2, 0) is 5.75 Å². The van der Waals surface area contributed by atoms with E-state index < -0.39 is 0 Å². The van der Waals surface area contributed by atoms with Crippen molar-refractivity contribution >= 4 is 11.8 Å². The van der Waals surface area contributed by atoms with Gasteiger partial charge in [-0.15, -0.1) is 22.0 Å². The lowest BCUT2D eigenvalue weighted by Crippen LogP contribution is -1.80. The summed E-state index contributed by atoms with van der Waals surface area (Å²) >= 11 is 1.76. The lowest BCUT2D eigenvalue weighted by Gasteiger charge is -1.93. The van der Waals surface area contributed by atoms with Crippen LogP contribution < -0.4 is 0 Å². The minimum absolute atomic E-state index is 0.590. The molecule has 88 valence electrons. The van der Waals surface area contributed by atoms with Crippen LogP contribution in [0.25, 0.3) is 11.5 Å². The van der Waals surface area contributed by atoms with Crippen LogP contribution in [0.5, 0.6) is 0 Å². The number of aromatic nitrogens is 2. The van der Waals surface area contributed by atoms with Crippen LogP contribution in [0.3, 0.4) is 0 Å². The molecule has 0 N–H and O–H groups in total. The molecule has 1 aromatic heterocycles. The van der Waals surface area contributed by atoms with Gasteiger partial charge in [-0.2, -0.15) is 0 Å². The highest BCUT2D eigenvalue weighted by atomic mass is 32.2. The zero-order chi connectivity index (χ0) is 11.9. The summed E-state index contributed by atoms with van der Waals surface area (Å²) in [6.07, 6.45) is 4.15. The number of nitrogens with zero attached hydrogens (tertiary/aromatic N) is 2. The predicted molar refractivity (Wildman–Crippen MR) is 70.7 cm³/mol. The Morgan fingerprint density at radius 3 is 2.82 bits per heavy atom. The maximum Gasteiger partial charge on any atom is 0.247 e. The second-order valence-corrected chi connectivity index (χ2v) is 4.48. The Bertz CT molecular complexity index is 479. The molecule has 0 saturated heterocycles. The van der Waals surface area contributed by atoms with Crippen molar-refractivity contribution in [1.82, 2.24) is 10.2 Å². The van der Waals surface area contributed by atoms with Gasteiger partial charge in [0.15, 0.2) is 0 Å². The molecular formula is C13H14N2OS. The summed E-state index contributed by atoms with van der Waals surface area (Å²) in [7, 11) is 0. The van der Waals surface area contributed by atoms with E-state index in [0.717, 1.165) is 17.1 Å². The zero-order valence-electron chi connectivity index (χ0n) is 9.67. The van der Waals surface area contributed by atoms with Crippen LogP contribution in [0.2, 0.25) is 0 Å². The third-order valence-electron chi connectivity index (χ3n) is 2.16. The highest BCUT2D eigenvalue weighted by Gasteiger charge is 2.07. The molecule has 0 bridgehead atoms. The number of hydrogen-bond donors (Lipinski definition) is 0. The third-order valence-corrected chi connectivity index (χ3v) is 3.04. The highest BCUT2D eigenvalue weighted by molar-refractivity contribution is 7.98. The summed E-state index contributed by atoms with van der Waals surface area (Å²) in [6, 6.07) is 9.81. The number of allylic oxidation sites excluding steroid dienone is 1. The average molecular weight is 246 g/mol. The molecule has 0 saturated carbocycles. The topological polar surface area (TPSA) is 38.9 Å². The molecule has 0 atom stereocenters. The van der Waals surface area contributed by atoms with Gasteiger partial charge < -0.3 is 4.42 Å². The van der Waals surface area contributed by atoms with Crippen LogP contribution in [-0.4, -0.2) is 16.0 Å². The maximum absolute atomic E-state index is 5.58. The molecule has 0 aliphatic carbocycles. The second-order valence-electron chi connectivity index (χ2n) is 3.45. The van der Waals surface area contributed by atoms with Gasteiger partial charge in [-0.1, -0.05) is 30.4 Å². The molecule has 1 aromatic carbocycles. The first kappa shape index (κ1) is 11.9. The molecular weight excluding hydrogens is 232 g/mol. The molecule has 0 aliphatic heterocycles. The Kier molecular flexibility index (Phi) is 4.38. The van der Waals surface area contributed by atoms with Crippen LogP contribution in [0.4, 0.5) is 0 Å². The molecule has 1 heterocycles. The van der Waals surface area contributed by atoms with Crippen molar-refractivity contribution in [2.45, 2.75) is 12.7 Å². The molecule has 0 unspecified atom stereocenters. The Morgan fingerprint density at radius 1 is 1.24 bits per heavy atom. The van der Waals surface area contributed by atoms with E-state index in [1.54, 1.807) is 11.8 Å². The molecule has 4 heteroatoms.